The Hall–Kier alpha value is -2.80. The molecule has 1 saturated heterocycles. The summed E-state index contributed by atoms with van der Waals surface area (Å²) in [6.45, 7) is 3.92. The van der Waals surface area contributed by atoms with Crippen molar-refractivity contribution in [3.8, 4) is 17.0 Å². The molecule has 0 amide bonds. The molecule has 0 radical (unpaired) electrons. The van der Waals surface area contributed by atoms with Crippen LogP contribution in [0, 0.1) is 11.8 Å². The van der Waals surface area contributed by atoms with Crippen LogP contribution in [0.25, 0.3) is 11.3 Å². The number of aromatic carboxylic acids is 1. The zero-order valence-corrected chi connectivity index (χ0v) is 16.7. The van der Waals surface area contributed by atoms with Crippen LogP contribution in [0.1, 0.15) is 35.7 Å². The number of H-pyrrole nitrogens is 1. The van der Waals surface area contributed by atoms with Gasteiger partial charge < -0.3 is 25.4 Å². The molecule has 0 unspecified atom stereocenters. The quantitative estimate of drug-likeness (QED) is 0.618. The highest BCUT2D eigenvalue weighted by molar-refractivity contribution is 5.92. The Kier molecular flexibility index (Phi) is 5.08. The Balaban J connectivity index is 1.62. The molecule has 2 aromatic rings. The normalized spacial score (nSPS) is 23.4. The number of aromatic nitrogens is 1. The third kappa shape index (κ3) is 3.29. The smallest absolute Gasteiger partial charge is 0.345 e. The molecule has 1 saturated carbocycles. The van der Waals surface area contributed by atoms with Crippen molar-refractivity contribution in [1.82, 2.24) is 10.3 Å². The molecule has 2 fully saturated rings. The number of carboxylic acid groups (broad SMARTS) is 1. The number of pyridine rings is 1. The summed E-state index contributed by atoms with van der Waals surface area (Å²) in [7, 11) is 2.04. The molecule has 4 N–H and O–H groups in total. The van der Waals surface area contributed by atoms with Crippen molar-refractivity contribution in [3.05, 3.63) is 45.7 Å². The van der Waals surface area contributed by atoms with E-state index in [2.05, 4.69) is 15.2 Å². The summed E-state index contributed by atoms with van der Waals surface area (Å²) >= 11 is 0. The van der Waals surface area contributed by atoms with Gasteiger partial charge in [-0.05, 0) is 55.8 Å². The van der Waals surface area contributed by atoms with E-state index in [9.17, 15) is 19.8 Å². The lowest BCUT2D eigenvalue weighted by Crippen LogP contribution is -2.33. The van der Waals surface area contributed by atoms with E-state index in [0.717, 1.165) is 30.3 Å². The minimum Gasteiger partial charge on any atom is -0.506 e. The van der Waals surface area contributed by atoms with E-state index in [4.69, 9.17) is 0 Å². The molecule has 4 rings (SSSR count). The van der Waals surface area contributed by atoms with Crippen LogP contribution in [0.3, 0.4) is 0 Å². The van der Waals surface area contributed by atoms with Crippen molar-refractivity contribution < 1.29 is 15.0 Å². The molecule has 154 valence electrons. The molecular formula is C22H27N3O4. The van der Waals surface area contributed by atoms with E-state index >= 15 is 0 Å². The van der Waals surface area contributed by atoms with Gasteiger partial charge in [0.15, 0.2) is 5.56 Å². The average molecular weight is 397 g/mol. The highest BCUT2D eigenvalue weighted by Crippen LogP contribution is 2.40. The van der Waals surface area contributed by atoms with Crippen LogP contribution < -0.4 is 15.8 Å². The number of benzene rings is 1. The van der Waals surface area contributed by atoms with Gasteiger partial charge >= 0.3 is 5.97 Å². The predicted molar refractivity (Wildman–Crippen MR) is 112 cm³/mol. The zero-order chi connectivity index (χ0) is 20.7. The van der Waals surface area contributed by atoms with Crippen LogP contribution in [0.5, 0.6) is 5.75 Å². The van der Waals surface area contributed by atoms with Crippen molar-refractivity contribution >= 4 is 11.7 Å². The Morgan fingerprint density at radius 3 is 2.59 bits per heavy atom. The van der Waals surface area contributed by atoms with E-state index in [1.165, 1.54) is 12.8 Å². The number of nitrogens with one attached hydrogen (secondary N) is 2. The van der Waals surface area contributed by atoms with Gasteiger partial charge in [0.25, 0.3) is 5.56 Å². The number of hydrogen-bond acceptors (Lipinski definition) is 5. The predicted octanol–water partition coefficient (Wildman–Crippen LogP) is 2.44. The third-order valence-electron chi connectivity index (χ3n) is 6.61. The van der Waals surface area contributed by atoms with Crippen LogP contribution in [0.4, 0.5) is 5.69 Å². The van der Waals surface area contributed by atoms with Gasteiger partial charge in [-0.25, -0.2) is 4.79 Å². The first-order valence-electron chi connectivity index (χ1n) is 10.2. The fraction of sp³-hybridized carbons (Fsp3) is 0.455. The van der Waals surface area contributed by atoms with Crippen molar-refractivity contribution in [2.45, 2.75) is 32.2 Å². The number of nitrogens with zero attached hydrogens (tertiary/aromatic N) is 1. The SMILES string of the molecule is CCc1c(-c2ccc(N3C[C@H]4CC[C@@H](NC)[C@H]4C3)cc2)[nH]c(=O)c(C(=O)O)c1O. The van der Waals surface area contributed by atoms with E-state index < -0.39 is 22.8 Å². The topological polar surface area (TPSA) is 106 Å². The zero-order valence-electron chi connectivity index (χ0n) is 16.7. The Morgan fingerprint density at radius 2 is 1.97 bits per heavy atom. The van der Waals surface area contributed by atoms with Crippen LogP contribution in [0.15, 0.2) is 29.1 Å². The Bertz CT molecular complexity index is 983. The molecular weight excluding hydrogens is 370 g/mol. The molecule has 7 nitrogen and oxygen atoms in total. The molecule has 3 atom stereocenters. The molecule has 1 aliphatic heterocycles. The van der Waals surface area contributed by atoms with Crippen molar-refractivity contribution in [2.75, 3.05) is 25.0 Å². The summed E-state index contributed by atoms with van der Waals surface area (Å²) in [5.74, 6) is -0.466. The summed E-state index contributed by atoms with van der Waals surface area (Å²) in [6, 6.07) is 8.50. The van der Waals surface area contributed by atoms with E-state index in [-0.39, 0.29) is 0 Å². The van der Waals surface area contributed by atoms with E-state index in [1.807, 2.05) is 38.2 Å². The molecule has 1 aliphatic carbocycles. The number of hydrogen-bond donors (Lipinski definition) is 4. The maximum atomic E-state index is 12.2. The lowest BCUT2D eigenvalue weighted by atomic mass is 9.98. The molecule has 0 bridgehead atoms. The van der Waals surface area contributed by atoms with Gasteiger partial charge in [-0.2, -0.15) is 0 Å². The van der Waals surface area contributed by atoms with Gasteiger partial charge in [-0.1, -0.05) is 19.1 Å². The molecule has 7 heteroatoms. The monoisotopic (exact) mass is 397 g/mol. The summed E-state index contributed by atoms with van der Waals surface area (Å²) in [5, 5.41) is 23.0. The van der Waals surface area contributed by atoms with Gasteiger partial charge in [-0.15, -0.1) is 0 Å². The summed E-state index contributed by atoms with van der Waals surface area (Å²) in [4.78, 5) is 28.5. The number of anilines is 1. The van der Waals surface area contributed by atoms with E-state index in [0.29, 0.717) is 29.6 Å². The fourth-order valence-electron chi connectivity index (χ4n) is 5.09. The largest absolute Gasteiger partial charge is 0.506 e. The van der Waals surface area contributed by atoms with Gasteiger partial charge in [0, 0.05) is 30.4 Å². The summed E-state index contributed by atoms with van der Waals surface area (Å²) < 4.78 is 0. The number of aromatic amines is 1. The maximum Gasteiger partial charge on any atom is 0.345 e. The second-order valence-electron chi connectivity index (χ2n) is 8.04. The molecule has 1 aromatic carbocycles. The molecule has 29 heavy (non-hydrogen) atoms. The first-order chi connectivity index (χ1) is 13.9. The Morgan fingerprint density at radius 1 is 1.24 bits per heavy atom. The fourth-order valence-corrected chi connectivity index (χ4v) is 5.09. The Labute approximate surface area is 169 Å². The van der Waals surface area contributed by atoms with Crippen molar-refractivity contribution in [1.29, 1.82) is 0 Å². The minimum absolute atomic E-state index is 0.404. The molecule has 2 aliphatic rings. The number of carbonyl (C=O) groups is 1. The van der Waals surface area contributed by atoms with E-state index in [1.54, 1.807) is 0 Å². The lowest BCUT2D eigenvalue weighted by molar-refractivity contribution is 0.0691. The standard InChI is InChI=1S/C22H27N3O4/c1-3-15-19(24-21(27)18(20(15)26)22(28)29)12-4-7-14(8-5-12)25-10-13-6-9-17(23-2)16(13)11-25/h4-5,7-8,13,16-17,23H,3,6,9-11H2,1-2H3,(H,28,29)(H2,24,26,27)/t13-,16+,17-/m1/s1. The van der Waals surface area contributed by atoms with Crippen LogP contribution in [0.2, 0.25) is 0 Å². The first-order valence-corrected chi connectivity index (χ1v) is 10.2. The highest BCUT2D eigenvalue weighted by atomic mass is 16.4. The maximum absolute atomic E-state index is 12.2. The van der Waals surface area contributed by atoms with Gasteiger partial charge in [-0.3, -0.25) is 4.79 Å². The molecule has 1 aromatic heterocycles. The van der Waals surface area contributed by atoms with Crippen LogP contribution >= 0.6 is 0 Å². The van der Waals surface area contributed by atoms with Gasteiger partial charge in [0.1, 0.15) is 5.75 Å². The number of aromatic hydroxyl groups is 1. The van der Waals surface area contributed by atoms with Crippen molar-refractivity contribution in [2.24, 2.45) is 11.8 Å². The lowest BCUT2D eigenvalue weighted by Gasteiger charge is -2.22. The second-order valence-corrected chi connectivity index (χ2v) is 8.04. The van der Waals surface area contributed by atoms with Crippen LogP contribution in [-0.4, -0.2) is 47.3 Å². The summed E-state index contributed by atoms with van der Waals surface area (Å²) in [5.41, 5.74) is 1.40. The number of carboxylic acids is 1. The van der Waals surface area contributed by atoms with Gasteiger partial charge in [0.2, 0.25) is 0 Å². The number of fused-ring (bicyclic) bond motifs is 1. The molecule has 0 spiro atoms. The van der Waals surface area contributed by atoms with Gasteiger partial charge in [0.05, 0.1) is 5.69 Å². The third-order valence-corrected chi connectivity index (χ3v) is 6.61. The van der Waals surface area contributed by atoms with Crippen molar-refractivity contribution in [3.63, 3.8) is 0 Å². The second kappa shape index (κ2) is 7.55. The highest BCUT2D eigenvalue weighted by Gasteiger charge is 2.41. The van der Waals surface area contributed by atoms with Crippen LogP contribution in [-0.2, 0) is 6.42 Å². The molecule has 2 heterocycles. The number of rotatable bonds is 5. The first kappa shape index (κ1) is 19.5. The minimum atomic E-state index is -1.43. The summed E-state index contributed by atoms with van der Waals surface area (Å²) in [6.07, 6.45) is 2.92. The average Bonchev–Trinajstić information content (AvgIpc) is 3.28.